The quantitative estimate of drug-likeness (QED) is 0.276. The number of hydrogen-bond acceptors (Lipinski definition) is 4. The molecule has 1 amide bonds. The van der Waals surface area contributed by atoms with E-state index in [4.69, 9.17) is 16.0 Å². The third-order valence-corrected chi connectivity index (χ3v) is 4.67. The fourth-order valence-electron chi connectivity index (χ4n) is 2.91. The maximum Gasteiger partial charge on any atom is 0.417 e. The number of carbonyl (C=O) groups is 1. The summed E-state index contributed by atoms with van der Waals surface area (Å²) in [4.78, 5) is 30.9. The first-order chi connectivity index (χ1) is 15.7. The molecule has 1 aromatic heterocycles. The number of anilines is 1. The Morgan fingerprint density at radius 2 is 1.79 bits per heavy atom. The van der Waals surface area contributed by atoms with Crippen molar-refractivity contribution in [1.82, 2.24) is 10.3 Å². The number of rotatable bonds is 3. The molecule has 0 radical (unpaired) electrons. The van der Waals surface area contributed by atoms with Crippen LogP contribution in [-0.4, -0.2) is 16.9 Å². The molecule has 4 aromatic rings. The summed E-state index contributed by atoms with van der Waals surface area (Å²) in [6, 6.07) is 15.0. The Balaban J connectivity index is 1.64. The van der Waals surface area contributed by atoms with Crippen LogP contribution in [-0.2, 0) is 6.18 Å². The number of aromatic amines is 1. The average Bonchev–Trinajstić information content (AvgIpc) is 3.12. The van der Waals surface area contributed by atoms with Gasteiger partial charge in [0, 0.05) is 22.3 Å². The monoisotopic (exact) mass is 474 g/mol. The predicted molar refractivity (Wildman–Crippen MR) is 118 cm³/mol. The number of nitrogens with zero attached hydrogens (tertiary/aromatic N) is 1. The summed E-state index contributed by atoms with van der Waals surface area (Å²) < 4.78 is 43.4. The summed E-state index contributed by atoms with van der Waals surface area (Å²) in [6.45, 7) is 0. The van der Waals surface area contributed by atoms with Crippen LogP contribution in [0.2, 0.25) is 5.02 Å². The number of aromatic nitrogens is 1. The van der Waals surface area contributed by atoms with Gasteiger partial charge in [-0.1, -0.05) is 17.7 Å². The van der Waals surface area contributed by atoms with E-state index < -0.39 is 23.4 Å². The third-order valence-electron chi connectivity index (χ3n) is 4.44. The highest BCUT2D eigenvalue weighted by atomic mass is 35.5. The van der Waals surface area contributed by atoms with E-state index >= 15 is 0 Å². The van der Waals surface area contributed by atoms with Crippen molar-refractivity contribution in [1.29, 1.82) is 0 Å². The predicted octanol–water partition coefficient (Wildman–Crippen LogP) is 5.32. The minimum absolute atomic E-state index is 0.00400. The Morgan fingerprint density at radius 1 is 1.03 bits per heavy atom. The Hall–Kier alpha value is -4.05. The summed E-state index contributed by atoms with van der Waals surface area (Å²) in [5.41, 5.74) is 0.696. The molecule has 0 fully saturated rings. The highest BCUT2D eigenvalue weighted by Gasteiger charge is 2.30. The molecule has 0 saturated carbocycles. The molecule has 0 bridgehead atoms. The van der Waals surface area contributed by atoms with Gasteiger partial charge in [-0.05, 0) is 54.6 Å². The van der Waals surface area contributed by atoms with Gasteiger partial charge in [0.2, 0.25) is 5.96 Å². The second-order valence-electron chi connectivity index (χ2n) is 6.82. The number of hydrogen-bond donors (Lipinski definition) is 3. The third kappa shape index (κ3) is 5.42. The molecule has 168 valence electrons. The number of oxazole rings is 1. The van der Waals surface area contributed by atoms with E-state index in [0.29, 0.717) is 21.9 Å². The molecular weight excluding hydrogens is 461 g/mol. The number of alkyl halides is 3. The molecule has 0 aliphatic heterocycles. The minimum atomic E-state index is -4.51. The molecule has 0 spiro atoms. The standard InChI is InChI=1S/C22H14ClF3N4O3/c23-14-2-1-3-15(10-14)27-20(28-16-8-9-17-18(11-16)33-21(32)29-17)30-19(31)12-4-6-13(7-5-12)22(24,25)26/h1-11H,(H,29,32)(H2,27,28,30,31). The van der Waals surface area contributed by atoms with Crippen molar-refractivity contribution in [2.45, 2.75) is 6.18 Å². The number of H-pyrrole nitrogens is 1. The Kier molecular flexibility index (Phi) is 5.93. The number of carbonyl (C=O) groups excluding carboxylic acids is 1. The fraction of sp³-hybridized carbons (Fsp3) is 0.0455. The molecule has 0 aliphatic rings. The highest BCUT2D eigenvalue weighted by Crippen LogP contribution is 2.29. The van der Waals surface area contributed by atoms with Crippen molar-refractivity contribution in [2.75, 3.05) is 5.32 Å². The minimum Gasteiger partial charge on any atom is -0.408 e. The van der Waals surface area contributed by atoms with E-state index in [2.05, 4.69) is 20.6 Å². The van der Waals surface area contributed by atoms with Crippen LogP contribution in [0.4, 0.5) is 24.5 Å². The first kappa shape index (κ1) is 22.2. The summed E-state index contributed by atoms with van der Waals surface area (Å²) in [7, 11) is 0. The lowest BCUT2D eigenvalue weighted by atomic mass is 10.1. The molecular formula is C22H14ClF3N4O3. The maximum atomic E-state index is 12.8. The lowest BCUT2D eigenvalue weighted by Gasteiger charge is -2.13. The zero-order valence-corrected chi connectivity index (χ0v) is 17.3. The molecule has 1 heterocycles. The Labute approximate surface area is 188 Å². The van der Waals surface area contributed by atoms with E-state index in [1.807, 2.05) is 0 Å². The van der Waals surface area contributed by atoms with Crippen LogP contribution in [0.1, 0.15) is 15.9 Å². The van der Waals surface area contributed by atoms with E-state index in [9.17, 15) is 22.8 Å². The maximum absolute atomic E-state index is 12.8. The van der Waals surface area contributed by atoms with Gasteiger partial charge in [0.05, 0.1) is 16.8 Å². The van der Waals surface area contributed by atoms with Crippen LogP contribution in [0.3, 0.4) is 0 Å². The second kappa shape index (κ2) is 8.83. The van der Waals surface area contributed by atoms with Crippen molar-refractivity contribution in [3.8, 4) is 0 Å². The molecule has 7 nitrogen and oxygen atoms in total. The van der Waals surface area contributed by atoms with Crippen LogP contribution in [0.5, 0.6) is 0 Å². The van der Waals surface area contributed by atoms with Gasteiger partial charge in [-0.15, -0.1) is 0 Å². The number of halogens is 4. The van der Waals surface area contributed by atoms with Crippen LogP contribution >= 0.6 is 11.6 Å². The molecule has 0 saturated heterocycles. The van der Waals surface area contributed by atoms with Gasteiger partial charge in [-0.25, -0.2) is 9.79 Å². The van der Waals surface area contributed by atoms with E-state index in [1.54, 1.807) is 36.4 Å². The van der Waals surface area contributed by atoms with E-state index in [-0.39, 0.29) is 17.1 Å². The van der Waals surface area contributed by atoms with Gasteiger partial charge in [0.1, 0.15) is 0 Å². The molecule has 0 aliphatic carbocycles. The van der Waals surface area contributed by atoms with Gasteiger partial charge >= 0.3 is 11.9 Å². The second-order valence-corrected chi connectivity index (χ2v) is 7.26. The van der Waals surface area contributed by atoms with Gasteiger partial charge in [-0.3, -0.25) is 15.1 Å². The zero-order valence-electron chi connectivity index (χ0n) is 16.5. The van der Waals surface area contributed by atoms with Crippen molar-refractivity contribution >= 4 is 45.9 Å². The smallest absolute Gasteiger partial charge is 0.408 e. The molecule has 3 aromatic carbocycles. The summed E-state index contributed by atoms with van der Waals surface area (Å²) in [5.74, 6) is -1.34. The molecule has 33 heavy (non-hydrogen) atoms. The SMILES string of the molecule is O=C(NC(=Nc1ccc2[nH]c(=O)oc2c1)Nc1cccc(Cl)c1)c1ccc(C(F)(F)F)cc1. The van der Waals surface area contributed by atoms with E-state index in [0.717, 1.165) is 24.3 Å². The van der Waals surface area contributed by atoms with Crippen molar-refractivity contribution in [2.24, 2.45) is 4.99 Å². The first-order valence-corrected chi connectivity index (χ1v) is 9.78. The van der Waals surface area contributed by atoms with Gasteiger partial charge in [0.15, 0.2) is 5.58 Å². The molecule has 11 heteroatoms. The first-order valence-electron chi connectivity index (χ1n) is 9.40. The number of benzene rings is 3. The number of amides is 1. The molecule has 4 rings (SSSR count). The molecule has 0 unspecified atom stereocenters. The topological polar surface area (TPSA) is 99.5 Å². The summed E-state index contributed by atoms with van der Waals surface area (Å²) in [6.07, 6.45) is -4.51. The van der Waals surface area contributed by atoms with E-state index in [1.165, 1.54) is 6.07 Å². The van der Waals surface area contributed by atoms with Crippen LogP contribution in [0.15, 0.2) is 80.9 Å². The lowest BCUT2D eigenvalue weighted by molar-refractivity contribution is -0.137. The number of aliphatic imine (C=N–C) groups is 1. The molecule has 0 atom stereocenters. The van der Waals surface area contributed by atoms with Gasteiger partial charge in [-0.2, -0.15) is 13.2 Å². The zero-order chi connectivity index (χ0) is 23.6. The fourth-order valence-corrected chi connectivity index (χ4v) is 3.10. The number of nitrogens with one attached hydrogen (secondary N) is 3. The number of fused-ring (bicyclic) bond motifs is 1. The molecule has 3 N–H and O–H groups in total. The van der Waals surface area contributed by atoms with Gasteiger partial charge in [0.25, 0.3) is 5.91 Å². The van der Waals surface area contributed by atoms with Crippen LogP contribution < -0.4 is 16.4 Å². The van der Waals surface area contributed by atoms with Gasteiger partial charge < -0.3 is 9.73 Å². The van der Waals surface area contributed by atoms with Crippen molar-refractivity contribution in [3.63, 3.8) is 0 Å². The van der Waals surface area contributed by atoms with Crippen LogP contribution in [0, 0.1) is 0 Å². The number of guanidine groups is 1. The summed E-state index contributed by atoms with van der Waals surface area (Å²) in [5, 5.41) is 5.88. The van der Waals surface area contributed by atoms with Crippen molar-refractivity contribution < 1.29 is 22.4 Å². The lowest BCUT2D eigenvalue weighted by Crippen LogP contribution is -2.35. The summed E-state index contributed by atoms with van der Waals surface area (Å²) >= 11 is 6.00. The van der Waals surface area contributed by atoms with Crippen LogP contribution in [0.25, 0.3) is 11.1 Å². The highest BCUT2D eigenvalue weighted by molar-refractivity contribution is 6.31. The van der Waals surface area contributed by atoms with Crippen molar-refractivity contribution in [3.05, 3.63) is 93.4 Å². The largest absolute Gasteiger partial charge is 0.417 e. The normalized spacial score (nSPS) is 12.1. The Morgan fingerprint density at radius 3 is 2.48 bits per heavy atom. The Bertz CT molecular complexity index is 1410. The average molecular weight is 475 g/mol.